The smallest absolute Gasteiger partial charge is 0.160 e. The Morgan fingerprint density at radius 2 is 1.04 bits per heavy atom. The lowest BCUT2D eigenvalue weighted by Crippen LogP contribution is -2.34. The molecule has 2 aliphatic heterocycles. The first kappa shape index (κ1) is 28.3. The fraction of sp³-hybridized carbons (Fsp3) is 0.0667. The highest BCUT2D eigenvalue weighted by atomic mass is 32.2. The van der Waals surface area contributed by atoms with Crippen molar-refractivity contribution in [1.29, 1.82) is 0 Å². The van der Waals surface area contributed by atoms with Crippen molar-refractivity contribution in [2.75, 3.05) is 0 Å². The zero-order valence-electron chi connectivity index (χ0n) is 26.6. The number of fused-ring (bicyclic) bond motifs is 11. The Hall–Kier alpha value is -5.71. The highest BCUT2D eigenvalue weighted by Gasteiger charge is 2.41. The van der Waals surface area contributed by atoms with E-state index in [1.807, 2.05) is 17.8 Å². The van der Waals surface area contributed by atoms with Crippen LogP contribution in [0.5, 0.6) is 0 Å². The van der Waals surface area contributed by atoms with Gasteiger partial charge >= 0.3 is 0 Å². The van der Waals surface area contributed by atoms with Crippen molar-refractivity contribution in [2.24, 2.45) is 9.98 Å². The third-order valence-corrected chi connectivity index (χ3v) is 11.4. The molecule has 7 aromatic carbocycles. The summed E-state index contributed by atoms with van der Waals surface area (Å²) in [7, 11) is 0. The third kappa shape index (κ3) is 4.59. The number of aliphatic imine (C=N–C) groups is 2. The van der Waals surface area contributed by atoms with Gasteiger partial charge < -0.3 is 5.32 Å². The zero-order chi connectivity index (χ0) is 32.3. The maximum Gasteiger partial charge on any atom is 0.160 e. The molecule has 0 aromatic heterocycles. The van der Waals surface area contributed by atoms with Crippen molar-refractivity contribution in [3.63, 3.8) is 0 Å². The van der Waals surface area contributed by atoms with Crippen LogP contribution in [0.25, 0.3) is 21.9 Å². The van der Waals surface area contributed by atoms with Crippen LogP contribution < -0.4 is 5.32 Å². The van der Waals surface area contributed by atoms with Gasteiger partial charge in [0.25, 0.3) is 0 Å². The molecule has 7 aromatic rings. The highest BCUT2D eigenvalue weighted by molar-refractivity contribution is 7.99. The highest BCUT2D eigenvalue weighted by Crippen LogP contribution is 2.58. The van der Waals surface area contributed by atoms with Gasteiger partial charge in [0.2, 0.25) is 0 Å². The summed E-state index contributed by atoms with van der Waals surface area (Å²) in [5.41, 5.74) is 11.2. The summed E-state index contributed by atoms with van der Waals surface area (Å²) in [6.07, 6.45) is -0.307. The van der Waals surface area contributed by atoms with Crippen molar-refractivity contribution < 1.29 is 0 Å². The molecule has 0 radical (unpaired) electrons. The lowest BCUT2D eigenvalue weighted by molar-refractivity contribution is 0.669. The fourth-order valence-corrected chi connectivity index (χ4v) is 9.26. The molecule has 0 saturated heterocycles. The van der Waals surface area contributed by atoms with Crippen LogP contribution in [0, 0.1) is 0 Å². The predicted molar refractivity (Wildman–Crippen MR) is 202 cm³/mol. The van der Waals surface area contributed by atoms with E-state index in [2.05, 4.69) is 163 Å². The Labute approximate surface area is 290 Å². The molecular formula is C45H31N3S. The van der Waals surface area contributed by atoms with Crippen LogP contribution in [-0.4, -0.2) is 11.7 Å². The van der Waals surface area contributed by atoms with E-state index in [-0.39, 0.29) is 18.0 Å². The Kier molecular flexibility index (Phi) is 6.63. The van der Waals surface area contributed by atoms with Crippen LogP contribution in [-0.2, 0) is 0 Å². The van der Waals surface area contributed by atoms with Crippen LogP contribution in [0.15, 0.2) is 184 Å². The van der Waals surface area contributed by atoms with E-state index in [0.717, 1.165) is 28.4 Å². The lowest BCUT2D eigenvalue weighted by Gasteiger charge is -2.37. The summed E-state index contributed by atoms with van der Waals surface area (Å²) in [6.45, 7) is 0. The molecule has 3 unspecified atom stereocenters. The van der Waals surface area contributed by atoms with Gasteiger partial charge in [-0.1, -0.05) is 163 Å². The molecule has 2 heterocycles. The number of hydrogen-bond acceptors (Lipinski definition) is 4. The van der Waals surface area contributed by atoms with Crippen LogP contribution in [0.1, 0.15) is 56.9 Å². The van der Waals surface area contributed by atoms with E-state index in [4.69, 9.17) is 9.98 Å². The Balaban J connectivity index is 1.23. The average Bonchev–Trinajstić information content (AvgIpc) is 3.33. The molecule has 3 aliphatic rings. The fourth-order valence-electron chi connectivity index (χ4n) is 8.11. The van der Waals surface area contributed by atoms with Crippen molar-refractivity contribution in [1.82, 2.24) is 5.32 Å². The van der Waals surface area contributed by atoms with Gasteiger partial charge in [0.1, 0.15) is 12.0 Å². The van der Waals surface area contributed by atoms with Crippen molar-refractivity contribution in [3.8, 4) is 11.1 Å². The Morgan fingerprint density at radius 3 is 1.86 bits per heavy atom. The quantitative estimate of drug-likeness (QED) is 0.208. The summed E-state index contributed by atoms with van der Waals surface area (Å²) < 4.78 is 0. The number of amidine groups is 2. The maximum absolute atomic E-state index is 5.45. The normalized spacial score (nSPS) is 18.7. The van der Waals surface area contributed by atoms with Crippen LogP contribution in [0.2, 0.25) is 0 Å². The molecule has 3 atom stereocenters. The number of benzene rings is 7. The van der Waals surface area contributed by atoms with E-state index in [1.165, 1.54) is 53.9 Å². The molecule has 49 heavy (non-hydrogen) atoms. The maximum atomic E-state index is 5.45. The monoisotopic (exact) mass is 645 g/mol. The van der Waals surface area contributed by atoms with Gasteiger partial charge in [-0.3, -0.25) is 0 Å². The second-order valence-electron chi connectivity index (χ2n) is 12.9. The van der Waals surface area contributed by atoms with Gasteiger partial charge in [-0.15, -0.1) is 0 Å². The average molecular weight is 646 g/mol. The molecule has 1 N–H and O–H groups in total. The number of rotatable bonds is 3. The molecule has 0 saturated carbocycles. The van der Waals surface area contributed by atoms with Crippen molar-refractivity contribution in [2.45, 2.75) is 27.8 Å². The van der Waals surface area contributed by atoms with Gasteiger partial charge in [-0.2, -0.15) is 0 Å². The number of nitrogens with zero attached hydrogens (tertiary/aromatic N) is 2. The molecule has 4 heteroatoms. The van der Waals surface area contributed by atoms with Gasteiger partial charge in [-0.05, 0) is 56.3 Å². The predicted octanol–water partition coefficient (Wildman–Crippen LogP) is 10.7. The van der Waals surface area contributed by atoms with Gasteiger partial charge in [0.05, 0.1) is 0 Å². The second-order valence-corrected chi connectivity index (χ2v) is 14.0. The standard InChI is InChI=1S/C45H31N3S/c1-2-15-29(16-3-1)43-46-44(33-23-12-17-28-14-4-5-18-30(28)33)48-45(47-43)37-25-13-24-36-40(37)31-19-6-7-20-32(31)41-34-21-8-10-26-38(34)49-39-27-11-9-22-35(39)42(36)41/h1-27,41-42,44H,(H,46,47,48). The van der Waals surface area contributed by atoms with E-state index < -0.39 is 0 Å². The largest absolute Gasteiger partial charge is 0.344 e. The number of nitrogens with one attached hydrogen (secondary N) is 1. The molecule has 0 fully saturated rings. The van der Waals surface area contributed by atoms with Gasteiger partial charge in [0.15, 0.2) is 5.84 Å². The van der Waals surface area contributed by atoms with Crippen LogP contribution in [0.3, 0.4) is 0 Å². The minimum Gasteiger partial charge on any atom is -0.344 e. The SMILES string of the molecule is c1ccc(C2=NC(c3cccc4c3-c3ccccc3C3c5ccccc5Sc5ccccc5C43)=NC(c3cccc4ccccc34)N2)cc1. The molecule has 0 bridgehead atoms. The second kappa shape index (κ2) is 11.5. The summed E-state index contributed by atoms with van der Waals surface area (Å²) in [5, 5.41) is 6.10. The zero-order valence-corrected chi connectivity index (χ0v) is 27.4. The van der Waals surface area contributed by atoms with E-state index in [1.54, 1.807) is 0 Å². The van der Waals surface area contributed by atoms with Crippen LogP contribution in [0.4, 0.5) is 0 Å². The first-order valence-corrected chi connectivity index (χ1v) is 17.7. The van der Waals surface area contributed by atoms with E-state index in [9.17, 15) is 0 Å². The summed E-state index contributed by atoms with van der Waals surface area (Å²) in [5.74, 6) is 1.91. The first-order valence-electron chi connectivity index (χ1n) is 16.9. The Bertz CT molecular complexity index is 2480. The van der Waals surface area contributed by atoms with Crippen molar-refractivity contribution in [3.05, 3.63) is 203 Å². The minimum absolute atomic E-state index is 0.144. The van der Waals surface area contributed by atoms with E-state index in [0.29, 0.717) is 0 Å². The van der Waals surface area contributed by atoms with Crippen molar-refractivity contribution >= 4 is 34.2 Å². The first-order chi connectivity index (χ1) is 24.3. The summed E-state index contributed by atoms with van der Waals surface area (Å²) in [4.78, 5) is 13.4. The third-order valence-electron chi connectivity index (χ3n) is 10.2. The van der Waals surface area contributed by atoms with Gasteiger partial charge in [0, 0.05) is 38.3 Å². The molecule has 0 amide bonds. The topological polar surface area (TPSA) is 36.8 Å². The summed E-state index contributed by atoms with van der Waals surface area (Å²) in [6, 6.07) is 59.2. The van der Waals surface area contributed by atoms with Gasteiger partial charge in [-0.25, -0.2) is 9.98 Å². The molecule has 232 valence electrons. The molecule has 10 rings (SSSR count). The summed E-state index contributed by atoms with van der Waals surface area (Å²) >= 11 is 1.89. The molecular weight excluding hydrogens is 615 g/mol. The lowest BCUT2D eigenvalue weighted by atomic mass is 9.65. The number of hydrogen-bond donors (Lipinski definition) is 1. The Morgan fingerprint density at radius 1 is 0.469 bits per heavy atom. The van der Waals surface area contributed by atoms with Crippen LogP contribution >= 0.6 is 11.8 Å². The molecule has 1 aliphatic carbocycles. The minimum atomic E-state index is -0.307. The van der Waals surface area contributed by atoms with E-state index >= 15 is 0 Å². The molecule has 3 nitrogen and oxygen atoms in total. The molecule has 0 spiro atoms.